The van der Waals surface area contributed by atoms with Gasteiger partial charge in [-0.1, -0.05) is 20.8 Å². The maximum absolute atomic E-state index is 8.24. The Morgan fingerprint density at radius 1 is 1.10 bits per heavy atom. The molecule has 2 N–H and O–H groups in total. The lowest BCUT2D eigenvalue weighted by atomic mass is 10.2. The molecule has 2 heteroatoms. The predicted molar refractivity (Wildman–Crippen MR) is 43.9 cm³/mol. The molecule has 0 rings (SSSR count). The number of rotatable bonds is 3. The predicted octanol–water partition coefficient (Wildman–Crippen LogP) is 1.41. The summed E-state index contributed by atoms with van der Waals surface area (Å²) < 4.78 is 0. The molecular formula is C8H20O2. The third kappa shape index (κ3) is 24.7. The lowest BCUT2D eigenvalue weighted by Crippen LogP contribution is -1.89. The van der Waals surface area contributed by atoms with Crippen molar-refractivity contribution in [2.75, 3.05) is 13.2 Å². The van der Waals surface area contributed by atoms with Crippen LogP contribution in [0.3, 0.4) is 0 Å². The first-order valence-corrected chi connectivity index (χ1v) is 3.90. The molecule has 2 nitrogen and oxygen atoms in total. The summed E-state index contributed by atoms with van der Waals surface area (Å²) in [5, 5.41) is 16.1. The second kappa shape index (κ2) is 11.7. The summed E-state index contributed by atoms with van der Waals surface area (Å²) in [5.41, 5.74) is 0. The molecule has 64 valence electrons. The molecule has 0 aliphatic carbocycles. The van der Waals surface area contributed by atoms with Crippen LogP contribution < -0.4 is 0 Å². The van der Waals surface area contributed by atoms with Gasteiger partial charge in [0.1, 0.15) is 0 Å². The Bertz CT molecular complexity index is 42.5. The van der Waals surface area contributed by atoms with Gasteiger partial charge in [0.2, 0.25) is 0 Å². The highest BCUT2D eigenvalue weighted by Gasteiger charge is 1.86. The minimum Gasteiger partial charge on any atom is -0.396 e. The van der Waals surface area contributed by atoms with E-state index in [-0.39, 0.29) is 0 Å². The molecule has 10 heavy (non-hydrogen) atoms. The number of aliphatic hydroxyl groups is 2. The van der Waals surface area contributed by atoms with E-state index in [1.807, 2.05) is 6.92 Å². The molecule has 0 heterocycles. The average Bonchev–Trinajstić information content (AvgIpc) is 1.89. The molecule has 0 amide bonds. The van der Waals surface area contributed by atoms with Gasteiger partial charge in [-0.3, -0.25) is 0 Å². The smallest absolute Gasteiger partial charge is 0.0433 e. The molecule has 0 atom stereocenters. The highest BCUT2D eigenvalue weighted by molar-refractivity contribution is 4.38. The zero-order valence-corrected chi connectivity index (χ0v) is 7.30. The fraction of sp³-hybridized carbons (Fsp3) is 1.00. The van der Waals surface area contributed by atoms with Crippen LogP contribution >= 0.6 is 0 Å². The number of hydrogen-bond acceptors (Lipinski definition) is 2. The molecule has 0 saturated heterocycles. The van der Waals surface area contributed by atoms with Crippen molar-refractivity contribution >= 4 is 0 Å². The van der Waals surface area contributed by atoms with Gasteiger partial charge in [-0.2, -0.15) is 0 Å². The Kier molecular flexibility index (Phi) is 14.7. The van der Waals surface area contributed by atoms with Crippen molar-refractivity contribution in [3.63, 3.8) is 0 Å². The fourth-order valence-electron chi connectivity index (χ4n) is 0.258. The second-order valence-electron chi connectivity index (χ2n) is 2.63. The van der Waals surface area contributed by atoms with E-state index < -0.39 is 0 Å². The molecule has 0 aromatic rings. The largest absolute Gasteiger partial charge is 0.396 e. The number of hydrogen-bond donors (Lipinski definition) is 2. The first kappa shape index (κ1) is 12.6. The zero-order chi connectivity index (χ0) is 8.41. The van der Waals surface area contributed by atoms with Crippen LogP contribution in [-0.2, 0) is 0 Å². The van der Waals surface area contributed by atoms with Crippen LogP contribution in [0.25, 0.3) is 0 Å². The fourth-order valence-corrected chi connectivity index (χ4v) is 0.258. The highest BCUT2D eigenvalue weighted by atomic mass is 16.3. The van der Waals surface area contributed by atoms with Gasteiger partial charge in [-0.15, -0.1) is 0 Å². The summed E-state index contributed by atoms with van der Waals surface area (Å²) in [4.78, 5) is 0. The summed E-state index contributed by atoms with van der Waals surface area (Å²) in [6.45, 7) is 6.77. The molecule has 0 fully saturated rings. The molecule has 0 bridgehead atoms. The van der Waals surface area contributed by atoms with Gasteiger partial charge in [0.25, 0.3) is 0 Å². The Balaban J connectivity index is 0. The molecule has 0 unspecified atom stereocenters. The van der Waals surface area contributed by atoms with E-state index >= 15 is 0 Å². The third-order valence-electron chi connectivity index (χ3n) is 0.930. The van der Waals surface area contributed by atoms with Gasteiger partial charge in [0, 0.05) is 13.2 Å². The van der Waals surface area contributed by atoms with Crippen molar-refractivity contribution in [1.82, 2.24) is 0 Å². The van der Waals surface area contributed by atoms with E-state index in [1.54, 1.807) is 0 Å². The molecule has 0 aromatic carbocycles. The van der Waals surface area contributed by atoms with Gasteiger partial charge in [0.05, 0.1) is 0 Å². The van der Waals surface area contributed by atoms with E-state index in [2.05, 4.69) is 13.8 Å². The molecular weight excluding hydrogens is 128 g/mol. The van der Waals surface area contributed by atoms with Crippen molar-refractivity contribution in [3.8, 4) is 0 Å². The van der Waals surface area contributed by atoms with Crippen LogP contribution in [0.15, 0.2) is 0 Å². The molecule has 0 aliphatic rings. The van der Waals surface area contributed by atoms with E-state index in [0.717, 1.165) is 12.8 Å². The highest BCUT2D eigenvalue weighted by Crippen LogP contribution is 1.94. The van der Waals surface area contributed by atoms with E-state index in [9.17, 15) is 0 Å². The van der Waals surface area contributed by atoms with Crippen molar-refractivity contribution in [3.05, 3.63) is 0 Å². The Labute approximate surface area is 63.9 Å². The van der Waals surface area contributed by atoms with Crippen LogP contribution in [-0.4, -0.2) is 23.4 Å². The molecule has 0 saturated carbocycles. The first-order valence-electron chi connectivity index (χ1n) is 3.90. The quantitative estimate of drug-likeness (QED) is 0.635. The standard InChI is InChI=1S/C5H12O.C3H8O/c1-5(2)3-4-6;1-2-3-4/h5-6H,3-4H2,1-2H3;4H,2-3H2,1H3. The van der Waals surface area contributed by atoms with Crippen LogP contribution in [0.4, 0.5) is 0 Å². The summed E-state index contributed by atoms with van der Waals surface area (Å²) in [7, 11) is 0. The van der Waals surface area contributed by atoms with Crippen LogP contribution in [0, 0.1) is 5.92 Å². The van der Waals surface area contributed by atoms with Crippen LogP contribution in [0.2, 0.25) is 0 Å². The van der Waals surface area contributed by atoms with Crippen molar-refractivity contribution in [2.45, 2.75) is 33.6 Å². The molecule has 0 radical (unpaired) electrons. The van der Waals surface area contributed by atoms with Gasteiger partial charge in [-0.05, 0) is 18.8 Å². The van der Waals surface area contributed by atoms with E-state index in [0.29, 0.717) is 19.1 Å². The van der Waals surface area contributed by atoms with Crippen LogP contribution in [0.1, 0.15) is 33.6 Å². The lowest BCUT2D eigenvalue weighted by molar-refractivity contribution is 0.268. The van der Waals surface area contributed by atoms with Gasteiger partial charge >= 0.3 is 0 Å². The Morgan fingerprint density at radius 3 is 1.50 bits per heavy atom. The molecule has 0 spiro atoms. The zero-order valence-electron chi connectivity index (χ0n) is 7.30. The van der Waals surface area contributed by atoms with Crippen molar-refractivity contribution in [2.24, 2.45) is 5.92 Å². The maximum Gasteiger partial charge on any atom is 0.0433 e. The van der Waals surface area contributed by atoms with E-state index in [4.69, 9.17) is 10.2 Å². The normalized spacial score (nSPS) is 9.00. The first-order chi connectivity index (χ1) is 4.68. The Morgan fingerprint density at radius 2 is 1.50 bits per heavy atom. The van der Waals surface area contributed by atoms with Gasteiger partial charge in [-0.25, -0.2) is 0 Å². The average molecular weight is 148 g/mol. The number of aliphatic hydroxyl groups excluding tert-OH is 2. The van der Waals surface area contributed by atoms with Gasteiger partial charge < -0.3 is 10.2 Å². The summed E-state index contributed by atoms with van der Waals surface area (Å²) >= 11 is 0. The minimum atomic E-state index is 0.319. The minimum absolute atomic E-state index is 0.319. The molecule has 0 aliphatic heterocycles. The monoisotopic (exact) mass is 148 g/mol. The lowest BCUT2D eigenvalue weighted by Gasteiger charge is -1.95. The topological polar surface area (TPSA) is 40.5 Å². The van der Waals surface area contributed by atoms with E-state index in [1.165, 1.54) is 0 Å². The van der Waals surface area contributed by atoms with Crippen LogP contribution in [0.5, 0.6) is 0 Å². The summed E-state index contributed by atoms with van der Waals surface area (Å²) in [6.07, 6.45) is 1.81. The molecule has 0 aromatic heterocycles. The van der Waals surface area contributed by atoms with Crippen molar-refractivity contribution < 1.29 is 10.2 Å². The van der Waals surface area contributed by atoms with Gasteiger partial charge in [0.15, 0.2) is 0 Å². The van der Waals surface area contributed by atoms with Crippen molar-refractivity contribution in [1.29, 1.82) is 0 Å². The maximum atomic E-state index is 8.24. The SMILES string of the molecule is CC(C)CCO.CCCO. The second-order valence-corrected chi connectivity index (χ2v) is 2.63. The third-order valence-corrected chi connectivity index (χ3v) is 0.930. The summed E-state index contributed by atoms with van der Waals surface area (Å²) in [6, 6.07) is 0. The Hall–Kier alpha value is -0.0800. The summed E-state index contributed by atoms with van der Waals surface area (Å²) in [5.74, 6) is 0.648.